The van der Waals surface area contributed by atoms with Gasteiger partial charge in [0.2, 0.25) is 0 Å². The van der Waals surface area contributed by atoms with E-state index in [9.17, 15) is 0 Å². The molecule has 98 valence electrons. The molecule has 0 amide bonds. The average molecular weight is 263 g/mol. The fourth-order valence-electron chi connectivity index (χ4n) is 2.12. The summed E-state index contributed by atoms with van der Waals surface area (Å²) < 4.78 is 11.0. The van der Waals surface area contributed by atoms with Crippen LogP contribution in [0.5, 0.6) is 5.95 Å². The minimum absolute atomic E-state index is 0.505. The smallest absolute Gasteiger partial charge is 0.321 e. The van der Waals surface area contributed by atoms with Crippen molar-refractivity contribution in [3.63, 3.8) is 0 Å². The van der Waals surface area contributed by atoms with E-state index in [1.54, 1.807) is 7.11 Å². The summed E-state index contributed by atoms with van der Waals surface area (Å²) in [5, 5.41) is 0. The maximum atomic E-state index is 5.75. The fourth-order valence-corrected chi connectivity index (χ4v) is 2.12. The minimum Gasteiger partial charge on any atom is -0.321 e. The highest BCUT2D eigenvalue weighted by molar-refractivity contribution is 5.70. The van der Waals surface area contributed by atoms with Crippen LogP contribution < -0.4 is 4.74 Å². The Hall–Kier alpha value is -2.61. The van der Waals surface area contributed by atoms with Crippen LogP contribution in [0.4, 0.5) is 0 Å². The molecular weight excluding hydrogens is 248 g/mol. The van der Waals surface area contributed by atoms with Gasteiger partial charge in [-0.2, -0.15) is 0 Å². The van der Waals surface area contributed by atoms with Crippen LogP contribution in [0.25, 0.3) is 22.5 Å². The van der Waals surface area contributed by atoms with Crippen molar-refractivity contribution in [2.75, 3.05) is 7.11 Å². The summed E-state index contributed by atoms with van der Waals surface area (Å²) in [6.45, 7) is 0. The van der Waals surface area contributed by atoms with Crippen LogP contribution in [0.1, 0.15) is 0 Å². The monoisotopic (exact) mass is 263 g/mol. The molecule has 3 rings (SSSR count). The van der Waals surface area contributed by atoms with Crippen molar-refractivity contribution in [3.05, 3.63) is 72.8 Å². The summed E-state index contributed by atoms with van der Waals surface area (Å²) in [4.78, 5) is 0. The Bertz CT molecular complexity index is 633. The Labute approximate surface area is 118 Å². The summed E-state index contributed by atoms with van der Waals surface area (Å²) in [6, 6.07) is 24.2. The summed E-state index contributed by atoms with van der Waals surface area (Å²) in [6.07, 6.45) is 0. The van der Waals surface area contributed by atoms with Crippen molar-refractivity contribution in [2.45, 2.75) is 0 Å². The van der Waals surface area contributed by atoms with E-state index in [0.717, 1.165) is 22.5 Å². The number of methoxy groups -OCH3 is 1. The van der Waals surface area contributed by atoms with Crippen LogP contribution in [0, 0.1) is 0 Å². The quantitative estimate of drug-likeness (QED) is 0.626. The molecule has 2 nitrogen and oxygen atoms in total. The van der Waals surface area contributed by atoms with Crippen molar-refractivity contribution in [3.8, 4) is 28.4 Å². The van der Waals surface area contributed by atoms with E-state index in [1.807, 2.05) is 60.7 Å². The molecule has 20 heavy (non-hydrogen) atoms. The normalized spacial score (nSPS) is 10.2. The van der Waals surface area contributed by atoms with Gasteiger partial charge < -0.3 is 4.74 Å². The lowest BCUT2D eigenvalue weighted by Gasteiger charge is -2.02. The first-order chi connectivity index (χ1) is 9.86. The molecule has 0 saturated carbocycles. The Morgan fingerprint density at radius 3 is 1.90 bits per heavy atom. The summed E-state index contributed by atoms with van der Waals surface area (Å²) in [7, 11) is 1.61. The second-order valence-corrected chi connectivity index (χ2v) is 4.47. The van der Waals surface area contributed by atoms with Gasteiger partial charge in [-0.05, 0) is 17.7 Å². The first-order valence-corrected chi connectivity index (χ1v) is 6.50. The topological polar surface area (TPSA) is 20.5 Å². The Kier molecular flexibility index (Phi) is 3.46. The van der Waals surface area contributed by atoms with E-state index in [-0.39, 0.29) is 0 Å². The molecule has 1 aromatic heterocycles. The minimum atomic E-state index is 0.505. The maximum Gasteiger partial charge on any atom is 0.518 e. The summed E-state index contributed by atoms with van der Waals surface area (Å²) in [5.41, 5.74) is 3.25. The highest BCUT2D eigenvalue weighted by Gasteiger charge is 2.15. The SMILES string of the molecule is COc1cc(-c2ccccc2)cc(-c2ccccc2)[o+]1. The highest BCUT2D eigenvalue weighted by atomic mass is 16.6. The van der Waals surface area contributed by atoms with E-state index in [0.29, 0.717) is 5.95 Å². The summed E-state index contributed by atoms with van der Waals surface area (Å²) >= 11 is 0. The largest absolute Gasteiger partial charge is 0.518 e. The maximum absolute atomic E-state index is 5.75. The van der Waals surface area contributed by atoms with Gasteiger partial charge in [-0.1, -0.05) is 48.5 Å². The first-order valence-electron chi connectivity index (χ1n) is 6.50. The van der Waals surface area contributed by atoms with Gasteiger partial charge in [-0.3, -0.25) is 4.42 Å². The molecule has 0 unspecified atom stereocenters. The van der Waals surface area contributed by atoms with Crippen LogP contribution in [0.3, 0.4) is 0 Å². The van der Waals surface area contributed by atoms with Gasteiger partial charge in [0, 0.05) is 17.2 Å². The standard InChI is InChI=1S/C18H15O2/c1-19-18-13-16(14-8-4-2-5-9-14)12-17(20-18)15-10-6-3-7-11-15/h2-13H,1H3/q+1. The zero-order chi connectivity index (χ0) is 13.8. The lowest BCUT2D eigenvalue weighted by Crippen LogP contribution is -1.87. The lowest BCUT2D eigenvalue weighted by atomic mass is 10.0. The molecule has 0 atom stereocenters. The van der Waals surface area contributed by atoms with Crippen molar-refractivity contribution in [1.29, 1.82) is 0 Å². The van der Waals surface area contributed by atoms with Crippen molar-refractivity contribution < 1.29 is 9.15 Å². The van der Waals surface area contributed by atoms with Gasteiger partial charge in [-0.15, -0.1) is 0 Å². The number of hydrogen-bond donors (Lipinski definition) is 0. The molecule has 0 aliphatic carbocycles. The van der Waals surface area contributed by atoms with Gasteiger partial charge in [-0.25, -0.2) is 0 Å². The first kappa shape index (κ1) is 12.4. The van der Waals surface area contributed by atoms with Crippen LogP contribution in [-0.2, 0) is 0 Å². The molecule has 2 heteroatoms. The van der Waals surface area contributed by atoms with Gasteiger partial charge in [0.1, 0.15) is 0 Å². The number of ether oxygens (including phenoxy) is 1. The molecule has 0 N–H and O–H groups in total. The van der Waals surface area contributed by atoms with E-state index in [4.69, 9.17) is 9.15 Å². The molecule has 3 aromatic rings. The van der Waals surface area contributed by atoms with Crippen LogP contribution in [0.15, 0.2) is 77.2 Å². The molecule has 1 heterocycles. The molecule has 0 saturated heterocycles. The molecule has 0 aliphatic heterocycles. The van der Waals surface area contributed by atoms with E-state index >= 15 is 0 Å². The van der Waals surface area contributed by atoms with Crippen molar-refractivity contribution in [1.82, 2.24) is 0 Å². The highest BCUT2D eigenvalue weighted by Crippen LogP contribution is 2.31. The second-order valence-electron chi connectivity index (χ2n) is 4.47. The third-order valence-corrected chi connectivity index (χ3v) is 3.14. The van der Waals surface area contributed by atoms with E-state index in [2.05, 4.69) is 12.1 Å². The predicted molar refractivity (Wildman–Crippen MR) is 80.5 cm³/mol. The molecular formula is C18H15O2+. The predicted octanol–water partition coefficient (Wildman–Crippen LogP) is 4.90. The van der Waals surface area contributed by atoms with Gasteiger partial charge >= 0.3 is 5.95 Å². The third-order valence-electron chi connectivity index (χ3n) is 3.14. The zero-order valence-corrected chi connectivity index (χ0v) is 11.2. The van der Waals surface area contributed by atoms with Crippen molar-refractivity contribution >= 4 is 0 Å². The van der Waals surface area contributed by atoms with Gasteiger partial charge in [0.25, 0.3) is 5.76 Å². The fraction of sp³-hybridized carbons (Fsp3) is 0.0556. The van der Waals surface area contributed by atoms with Crippen LogP contribution >= 0.6 is 0 Å². The third kappa shape index (κ3) is 2.54. The van der Waals surface area contributed by atoms with Gasteiger partial charge in [0.05, 0.1) is 6.07 Å². The Balaban J connectivity index is 2.13. The molecule has 0 aliphatic rings. The van der Waals surface area contributed by atoms with Crippen LogP contribution in [0.2, 0.25) is 0 Å². The van der Waals surface area contributed by atoms with Gasteiger partial charge in [0.15, 0.2) is 7.11 Å². The van der Waals surface area contributed by atoms with Crippen LogP contribution in [-0.4, -0.2) is 7.11 Å². The molecule has 0 fully saturated rings. The van der Waals surface area contributed by atoms with E-state index in [1.165, 1.54) is 0 Å². The second kappa shape index (κ2) is 5.57. The average Bonchev–Trinajstić information content (AvgIpc) is 2.56. The lowest BCUT2D eigenvalue weighted by molar-refractivity contribution is 0.302. The van der Waals surface area contributed by atoms with Crippen molar-refractivity contribution in [2.24, 2.45) is 0 Å². The number of rotatable bonds is 3. The molecule has 0 bridgehead atoms. The van der Waals surface area contributed by atoms with E-state index < -0.39 is 0 Å². The molecule has 2 aromatic carbocycles. The molecule has 0 radical (unpaired) electrons. The summed E-state index contributed by atoms with van der Waals surface area (Å²) in [5.74, 6) is 1.30. The Morgan fingerprint density at radius 1 is 0.700 bits per heavy atom. The Morgan fingerprint density at radius 2 is 1.30 bits per heavy atom. The zero-order valence-electron chi connectivity index (χ0n) is 11.2. The number of benzene rings is 2. The number of hydrogen-bond acceptors (Lipinski definition) is 1. The molecule has 0 spiro atoms.